The van der Waals surface area contributed by atoms with E-state index in [-0.39, 0.29) is 29.4 Å². The number of nitro benzene ring substituents is 1. The van der Waals surface area contributed by atoms with Crippen molar-refractivity contribution in [3.05, 3.63) is 94.5 Å². The number of benzene rings is 3. The number of nitrogens with one attached hydrogen (secondary N) is 1. The first-order chi connectivity index (χ1) is 16.5. The Morgan fingerprint density at radius 1 is 0.853 bits per heavy atom. The van der Waals surface area contributed by atoms with Crippen LogP contribution >= 0.6 is 0 Å². The average molecular weight is 459 g/mol. The number of anilines is 2. The Bertz CT molecular complexity index is 1330. The van der Waals surface area contributed by atoms with Gasteiger partial charge in [-0.2, -0.15) is 9.97 Å². The highest BCUT2D eigenvalue weighted by Gasteiger charge is 2.14. The molecule has 0 aliphatic rings. The molecule has 4 aromatic rings. The first kappa shape index (κ1) is 22.1. The van der Waals surface area contributed by atoms with Crippen molar-refractivity contribution in [2.45, 2.75) is 0 Å². The van der Waals surface area contributed by atoms with E-state index in [1.165, 1.54) is 31.4 Å². The van der Waals surface area contributed by atoms with Crippen LogP contribution in [0.5, 0.6) is 23.5 Å². The van der Waals surface area contributed by atoms with Gasteiger partial charge < -0.3 is 19.5 Å². The van der Waals surface area contributed by atoms with Crippen molar-refractivity contribution in [2.24, 2.45) is 0 Å². The summed E-state index contributed by atoms with van der Waals surface area (Å²) >= 11 is 0. The van der Waals surface area contributed by atoms with Gasteiger partial charge in [0, 0.05) is 11.8 Å². The number of nitrogens with zero attached hydrogens (tertiary/aromatic N) is 4. The fourth-order valence-electron chi connectivity index (χ4n) is 2.82. The molecule has 0 saturated heterocycles. The molecular formula is C23H17N5O6. The van der Waals surface area contributed by atoms with Crippen LogP contribution in [0, 0.1) is 10.1 Å². The molecule has 34 heavy (non-hydrogen) atoms. The number of carbonyl (C=O) groups excluding carboxylic acids is 1. The lowest BCUT2D eigenvalue weighted by molar-refractivity contribution is -0.384. The van der Waals surface area contributed by atoms with E-state index in [1.54, 1.807) is 48.5 Å². The van der Waals surface area contributed by atoms with Crippen LogP contribution < -0.4 is 14.8 Å². The number of para-hydroxylation sites is 1. The lowest BCUT2D eigenvalue weighted by atomic mass is 10.2. The number of esters is 1. The Morgan fingerprint density at radius 3 is 2.24 bits per heavy atom. The average Bonchev–Trinajstić information content (AvgIpc) is 2.84. The summed E-state index contributed by atoms with van der Waals surface area (Å²) in [5.74, 6) is 0.198. The summed E-state index contributed by atoms with van der Waals surface area (Å²) in [6.45, 7) is 0. The summed E-state index contributed by atoms with van der Waals surface area (Å²) in [7, 11) is 1.29. The van der Waals surface area contributed by atoms with Crippen LogP contribution in [0.1, 0.15) is 10.4 Å². The second-order valence-corrected chi connectivity index (χ2v) is 6.69. The van der Waals surface area contributed by atoms with Gasteiger partial charge in [-0.1, -0.05) is 30.3 Å². The fraction of sp³-hybridized carbons (Fsp3) is 0.0435. The number of hydrogen-bond donors (Lipinski definition) is 1. The Balaban J connectivity index is 1.66. The molecule has 0 radical (unpaired) electrons. The van der Waals surface area contributed by atoms with E-state index in [0.29, 0.717) is 17.0 Å². The second kappa shape index (κ2) is 10.0. The minimum absolute atomic E-state index is 0.0587. The zero-order chi connectivity index (χ0) is 23.9. The summed E-state index contributed by atoms with van der Waals surface area (Å²) in [5.41, 5.74) is 0.682. The molecule has 1 aromatic heterocycles. The summed E-state index contributed by atoms with van der Waals surface area (Å²) in [5, 5.41) is 14.0. The molecule has 0 bridgehead atoms. The number of non-ortho nitro benzene ring substituents is 1. The molecule has 0 unspecified atom stereocenters. The molecule has 0 atom stereocenters. The Morgan fingerprint density at radius 2 is 1.53 bits per heavy atom. The van der Waals surface area contributed by atoms with Gasteiger partial charge in [-0.25, -0.2) is 4.79 Å². The Hall–Kier alpha value is -5.06. The molecule has 0 aliphatic heterocycles. The van der Waals surface area contributed by atoms with E-state index in [2.05, 4.69) is 20.3 Å². The molecule has 11 heteroatoms. The Labute approximate surface area is 193 Å². The molecule has 3 aromatic carbocycles. The highest BCUT2D eigenvalue weighted by Crippen LogP contribution is 2.27. The largest absolute Gasteiger partial charge is 0.465 e. The highest BCUT2D eigenvalue weighted by atomic mass is 16.6. The van der Waals surface area contributed by atoms with Crippen LogP contribution in [-0.2, 0) is 4.74 Å². The zero-order valence-corrected chi connectivity index (χ0v) is 17.7. The van der Waals surface area contributed by atoms with E-state index < -0.39 is 10.9 Å². The van der Waals surface area contributed by atoms with E-state index in [4.69, 9.17) is 14.2 Å². The fourth-order valence-corrected chi connectivity index (χ4v) is 2.82. The molecule has 1 heterocycles. The van der Waals surface area contributed by atoms with Gasteiger partial charge in [-0.15, -0.1) is 4.98 Å². The number of methoxy groups -OCH3 is 1. The van der Waals surface area contributed by atoms with Crippen molar-refractivity contribution in [1.29, 1.82) is 0 Å². The Kier molecular flexibility index (Phi) is 6.54. The van der Waals surface area contributed by atoms with Crippen LogP contribution in [0.15, 0.2) is 78.9 Å². The third-order valence-corrected chi connectivity index (χ3v) is 4.32. The number of rotatable bonds is 8. The maximum Gasteiger partial charge on any atom is 0.337 e. The normalized spacial score (nSPS) is 10.3. The first-order valence-corrected chi connectivity index (χ1v) is 9.87. The minimum Gasteiger partial charge on any atom is -0.465 e. The molecule has 0 amide bonds. The minimum atomic E-state index is -0.536. The van der Waals surface area contributed by atoms with Crippen LogP contribution in [0.25, 0.3) is 0 Å². The smallest absolute Gasteiger partial charge is 0.337 e. The summed E-state index contributed by atoms with van der Waals surface area (Å²) in [6.07, 6.45) is 0. The molecule has 0 fully saturated rings. The predicted molar refractivity (Wildman–Crippen MR) is 121 cm³/mol. The van der Waals surface area contributed by atoms with Gasteiger partial charge in [0.1, 0.15) is 11.5 Å². The van der Waals surface area contributed by atoms with Crippen molar-refractivity contribution in [3.8, 4) is 23.5 Å². The second-order valence-electron chi connectivity index (χ2n) is 6.69. The van der Waals surface area contributed by atoms with Crippen molar-refractivity contribution in [2.75, 3.05) is 12.4 Å². The van der Waals surface area contributed by atoms with E-state index in [9.17, 15) is 14.9 Å². The molecule has 0 saturated carbocycles. The maximum absolute atomic E-state index is 11.8. The molecule has 0 aliphatic carbocycles. The number of carbonyl (C=O) groups is 1. The number of ether oxygens (including phenoxy) is 3. The monoisotopic (exact) mass is 459 g/mol. The quantitative estimate of drug-likeness (QED) is 0.220. The lowest BCUT2D eigenvalue weighted by Gasteiger charge is -2.10. The van der Waals surface area contributed by atoms with Crippen LogP contribution in [-0.4, -0.2) is 33.0 Å². The van der Waals surface area contributed by atoms with Crippen LogP contribution in [0.4, 0.5) is 17.3 Å². The highest BCUT2D eigenvalue weighted by molar-refractivity contribution is 5.90. The molecule has 11 nitrogen and oxygen atoms in total. The number of hydrogen-bond acceptors (Lipinski definition) is 10. The van der Waals surface area contributed by atoms with Gasteiger partial charge in [0.05, 0.1) is 23.7 Å². The molecule has 170 valence electrons. The molecular weight excluding hydrogens is 442 g/mol. The molecule has 0 spiro atoms. The van der Waals surface area contributed by atoms with Crippen molar-refractivity contribution in [3.63, 3.8) is 0 Å². The SMILES string of the molecule is COC(=O)c1cccc(Nc2nc(Oc3ccccc3)nc(Oc3cccc([N+](=O)[O-])c3)n2)c1. The summed E-state index contributed by atoms with van der Waals surface area (Å²) in [4.78, 5) is 35.0. The van der Waals surface area contributed by atoms with E-state index in [0.717, 1.165) is 0 Å². The van der Waals surface area contributed by atoms with Gasteiger partial charge in [-0.05, 0) is 36.4 Å². The standard InChI is InChI=1S/C23H17N5O6/c1-32-20(29)15-7-5-8-16(13-15)24-21-25-22(33-18-10-3-2-4-11-18)27-23(26-21)34-19-12-6-9-17(14-19)28(30)31/h2-14H,1H3,(H,24,25,26,27). The predicted octanol–water partition coefficient (Wildman–Crippen LogP) is 4.89. The molecule has 4 rings (SSSR count). The van der Waals surface area contributed by atoms with Gasteiger partial charge in [-0.3, -0.25) is 10.1 Å². The third-order valence-electron chi connectivity index (χ3n) is 4.32. The van der Waals surface area contributed by atoms with Crippen molar-refractivity contribution >= 4 is 23.3 Å². The van der Waals surface area contributed by atoms with Gasteiger partial charge in [0.25, 0.3) is 5.69 Å². The topological polar surface area (TPSA) is 139 Å². The van der Waals surface area contributed by atoms with Crippen molar-refractivity contribution in [1.82, 2.24) is 15.0 Å². The van der Waals surface area contributed by atoms with E-state index >= 15 is 0 Å². The van der Waals surface area contributed by atoms with Gasteiger partial charge in [0.15, 0.2) is 0 Å². The molecule has 1 N–H and O–H groups in total. The zero-order valence-electron chi connectivity index (χ0n) is 17.7. The van der Waals surface area contributed by atoms with Gasteiger partial charge in [0.2, 0.25) is 5.95 Å². The lowest BCUT2D eigenvalue weighted by Crippen LogP contribution is -2.05. The third kappa shape index (κ3) is 5.59. The van der Waals surface area contributed by atoms with Gasteiger partial charge >= 0.3 is 18.0 Å². The van der Waals surface area contributed by atoms with E-state index in [1.807, 2.05) is 6.07 Å². The first-order valence-electron chi connectivity index (χ1n) is 9.87. The van der Waals surface area contributed by atoms with Crippen LogP contribution in [0.2, 0.25) is 0 Å². The van der Waals surface area contributed by atoms with Crippen molar-refractivity contribution < 1.29 is 23.9 Å². The number of aromatic nitrogens is 3. The maximum atomic E-state index is 11.8. The van der Waals surface area contributed by atoms with Crippen LogP contribution in [0.3, 0.4) is 0 Å². The number of nitro groups is 1. The summed E-state index contributed by atoms with van der Waals surface area (Å²) < 4.78 is 16.1. The summed E-state index contributed by atoms with van der Waals surface area (Å²) in [6, 6.07) is 20.7.